The topological polar surface area (TPSA) is 12.5 Å². The van der Waals surface area contributed by atoms with Crippen LogP contribution in [-0.4, -0.2) is 19.6 Å². The zero-order chi connectivity index (χ0) is 18.2. The number of hydrogen-bond donors (Lipinski definition) is 0. The lowest BCUT2D eigenvalue weighted by molar-refractivity contribution is -0.253. The van der Waals surface area contributed by atoms with E-state index in [1.165, 1.54) is 23.8 Å². The minimum Gasteiger partial charge on any atom is -0.428 e. The Hall–Kier alpha value is -1.76. The first-order chi connectivity index (χ1) is 11.8. The first kappa shape index (κ1) is 18.0. The van der Waals surface area contributed by atoms with Gasteiger partial charge in [0.2, 0.25) is 0 Å². The third-order valence-electron chi connectivity index (χ3n) is 4.36. The molecule has 0 unspecified atom stereocenters. The van der Waals surface area contributed by atoms with Crippen LogP contribution in [0.1, 0.15) is 23.6 Å². The maximum atomic E-state index is 13.1. The third kappa shape index (κ3) is 3.61. The van der Waals surface area contributed by atoms with Gasteiger partial charge in [-0.25, -0.2) is 0 Å². The van der Waals surface area contributed by atoms with Gasteiger partial charge in [0.25, 0.3) is 0 Å². The van der Waals surface area contributed by atoms with Crippen LogP contribution in [0.3, 0.4) is 0 Å². The van der Waals surface area contributed by atoms with Crippen LogP contribution in [0.25, 0.3) is 0 Å². The number of benzene rings is 2. The van der Waals surface area contributed by atoms with E-state index in [1.807, 2.05) is 25.2 Å². The predicted molar refractivity (Wildman–Crippen MR) is 91.6 cm³/mol. The maximum Gasteiger partial charge on any atom is 0.461 e. The molecule has 3 rings (SSSR count). The van der Waals surface area contributed by atoms with Crippen molar-refractivity contribution in [2.75, 3.05) is 11.9 Å². The summed E-state index contributed by atoms with van der Waals surface area (Å²) in [5.74, 6) is -0.267. The zero-order valence-electron chi connectivity index (χ0n) is 13.4. The average molecular weight is 418 g/mol. The summed E-state index contributed by atoms with van der Waals surface area (Å²) in [7, 11) is 1.93. The molecule has 0 radical (unpaired) electrons. The molecule has 1 aliphatic rings. The fraction of sp³-hybridized carbons (Fsp3) is 0.333. The van der Waals surface area contributed by atoms with E-state index in [1.54, 1.807) is 6.07 Å². The van der Waals surface area contributed by atoms with Gasteiger partial charge in [0, 0.05) is 17.2 Å². The van der Waals surface area contributed by atoms with Gasteiger partial charge in [-0.3, -0.25) is 0 Å². The number of nitrogens with zero attached hydrogens (tertiary/aromatic N) is 1. The van der Waals surface area contributed by atoms with Gasteiger partial charge in [-0.15, -0.1) is 0 Å². The van der Waals surface area contributed by atoms with E-state index >= 15 is 0 Å². The molecule has 134 valence electrons. The van der Waals surface area contributed by atoms with Crippen LogP contribution in [0.15, 0.2) is 46.9 Å². The van der Waals surface area contributed by atoms with Gasteiger partial charge in [0.05, 0.1) is 6.04 Å². The van der Waals surface area contributed by atoms with Crippen LogP contribution in [0.5, 0.6) is 5.75 Å². The number of fused-ring (bicyclic) bond motifs is 1. The highest BCUT2D eigenvalue weighted by molar-refractivity contribution is 9.10. The summed E-state index contributed by atoms with van der Waals surface area (Å²) in [5, 5.41) is 0. The van der Waals surface area contributed by atoms with E-state index in [4.69, 9.17) is 0 Å². The number of rotatable bonds is 4. The Morgan fingerprint density at radius 1 is 1.20 bits per heavy atom. The number of halogens is 5. The summed E-state index contributed by atoms with van der Waals surface area (Å²) in [4.78, 5) is 2.06. The molecule has 0 spiro atoms. The molecule has 0 saturated carbocycles. The van der Waals surface area contributed by atoms with E-state index in [9.17, 15) is 17.6 Å². The highest BCUT2D eigenvalue weighted by Gasteiger charge is 2.44. The van der Waals surface area contributed by atoms with Gasteiger partial charge in [0.1, 0.15) is 5.75 Å². The van der Waals surface area contributed by atoms with Gasteiger partial charge in [-0.1, -0.05) is 34.1 Å². The summed E-state index contributed by atoms with van der Waals surface area (Å²) in [5.41, 5.74) is 2.99. The van der Waals surface area contributed by atoms with Crippen LogP contribution < -0.4 is 9.64 Å². The van der Waals surface area contributed by atoms with Crippen molar-refractivity contribution in [3.05, 3.63) is 58.1 Å². The lowest BCUT2D eigenvalue weighted by atomic mass is 9.92. The number of hydrogen-bond acceptors (Lipinski definition) is 2. The summed E-state index contributed by atoms with van der Waals surface area (Å²) in [6.45, 7) is 0. The predicted octanol–water partition coefficient (Wildman–Crippen LogP) is 5.81. The third-order valence-corrected chi connectivity index (χ3v) is 5.10. The number of alkyl halides is 4. The van der Waals surface area contributed by atoms with Gasteiger partial charge in [-0.05, 0) is 48.2 Å². The Morgan fingerprint density at radius 2 is 1.92 bits per heavy atom. The fourth-order valence-corrected chi connectivity index (χ4v) is 3.70. The smallest absolute Gasteiger partial charge is 0.428 e. The molecule has 0 saturated heterocycles. The molecule has 0 fully saturated rings. The average Bonchev–Trinajstić information content (AvgIpc) is 2.56. The van der Waals surface area contributed by atoms with E-state index in [2.05, 4.69) is 25.6 Å². The van der Waals surface area contributed by atoms with Gasteiger partial charge in [-0.2, -0.15) is 17.6 Å². The first-order valence-corrected chi connectivity index (χ1v) is 8.54. The van der Waals surface area contributed by atoms with Gasteiger partial charge in [0.15, 0.2) is 0 Å². The Balaban J connectivity index is 1.87. The summed E-state index contributed by atoms with van der Waals surface area (Å²) in [6, 6.07) is 11.8. The second-order valence-corrected chi connectivity index (χ2v) is 6.79. The van der Waals surface area contributed by atoms with Crippen LogP contribution in [0.4, 0.5) is 23.2 Å². The molecule has 25 heavy (non-hydrogen) atoms. The summed E-state index contributed by atoms with van der Waals surface area (Å²) >= 11 is 3.54. The van der Waals surface area contributed by atoms with E-state index in [0.29, 0.717) is 0 Å². The highest BCUT2D eigenvalue weighted by atomic mass is 79.9. The molecule has 2 aromatic rings. The summed E-state index contributed by atoms with van der Waals surface area (Å²) < 4.78 is 56.2. The molecule has 0 N–H and O–H groups in total. The van der Waals surface area contributed by atoms with Crippen LogP contribution >= 0.6 is 15.9 Å². The molecule has 2 aromatic carbocycles. The molecule has 0 amide bonds. The van der Waals surface area contributed by atoms with E-state index in [-0.39, 0.29) is 11.8 Å². The quantitative estimate of drug-likeness (QED) is 0.582. The minimum atomic E-state index is -4.51. The molecular formula is C18H16BrF4NO. The largest absolute Gasteiger partial charge is 0.461 e. The maximum absolute atomic E-state index is 13.1. The first-order valence-electron chi connectivity index (χ1n) is 7.75. The van der Waals surface area contributed by atoms with E-state index in [0.717, 1.165) is 28.6 Å². The molecule has 0 aromatic heterocycles. The van der Waals surface area contributed by atoms with E-state index < -0.39 is 12.5 Å². The molecule has 1 aliphatic heterocycles. The molecular weight excluding hydrogens is 402 g/mol. The molecule has 1 heterocycles. The van der Waals surface area contributed by atoms with Crippen molar-refractivity contribution in [3.63, 3.8) is 0 Å². The Morgan fingerprint density at radius 3 is 2.64 bits per heavy atom. The van der Waals surface area contributed by atoms with Crippen molar-refractivity contribution >= 4 is 21.6 Å². The fourth-order valence-electron chi connectivity index (χ4n) is 3.15. The normalized spacial score (nSPS) is 17.6. The van der Waals surface area contributed by atoms with Crippen molar-refractivity contribution in [1.82, 2.24) is 0 Å². The summed E-state index contributed by atoms with van der Waals surface area (Å²) in [6.07, 6.45) is -6.78. The highest BCUT2D eigenvalue weighted by Crippen LogP contribution is 2.41. The van der Waals surface area contributed by atoms with Crippen molar-refractivity contribution in [2.45, 2.75) is 31.4 Å². The Kier molecular flexibility index (Phi) is 4.95. The van der Waals surface area contributed by atoms with Crippen molar-refractivity contribution in [1.29, 1.82) is 0 Å². The van der Waals surface area contributed by atoms with Crippen molar-refractivity contribution < 1.29 is 22.3 Å². The van der Waals surface area contributed by atoms with Gasteiger partial charge >= 0.3 is 12.5 Å². The molecule has 0 aliphatic carbocycles. The lowest BCUT2D eigenvalue weighted by Gasteiger charge is -2.37. The van der Waals surface area contributed by atoms with Crippen molar-refractivity contribution in [2.24, 2.45) is 0 Å². The van der Waals surface area contributed by atoms with Crippen LogP contribution in [0, 0.1) is 0 Å². The second-order valence-electron chi connectivity index (χ2n) is 5.94. The molecule has 1 atom stereocenters. The Bertz CT molecular complexity index is 768. The van der Waals surface area contributed by atoms with Crippen molar-refractivity contribution in [3.8, 4) is 5.75 Å². The molecule has 7 heteroatoms. The standard InChI is InChI=1S/C18H16BrF4NO/c1-24-15(9-8-13-14(19)6-3-7-16(13)24)11-4-2-5-12(10-11)25-18(22,23)17(20)21/h2-7,10,15,17H,8-9H2,1H3/t15-/m1/s1. The SMILES string of the molecule is CN1c2cccc(Br)c2CC[C@@H]1c1cccc(OC(F)(F)C(F)F)c1. The van der Waals surface area contributed by atoms with Crippen LogP contribution in [0.2, 0.25) is 0 Å². The monoisotopic (exact) mass is 417 g/mol. The second kappa shape index (κ2) is 6.86. The minimum absolute atomic E-state index is 0.0504. The van der Waals surface area contributed by atoms with Crippen LogP contribution in [-0.2, 0) is 6.42 Å². The number of ether oxygens (including phenoxy) is 1. The number of anilines is 1. The van der Waals surface area contributed by atoms with Gasteiger partial charge < -0.3 is 9.64 Å². The zero-order valence-corrected chi connectivity index (χ0v) is 14.9. The lowest BCUT2D eigenvalue weighted by Crippen LogP contribution is -2.33. The molecule has 2 nitrogen and oxygen atoms in total. The Labute approximate surface area is 151 Å². The molecule has 0 bridgehead atoms.